The SMILES string of the molecule is CC1=C(C)CC(CCN)=C1. The van der Waals surface area contributed by atoms with Crippen LogP contribution in [-0.4, -0.2) is 6.54 Å². The molecule has 0 radical (unpaired) electrons. The van der Waals surface area contributed by atoms with E-state index in [9.17, 15) is 0 Å². The second kappa shape index (κ2) is 3.02. The Hall–Kier alpha value is -0.560. The van der Waals surface area contributed by atoms with Crippen LogP contribution in [0.1, 0.15) is 26.7 Å². The van der Waals surface area contributed by atoms with Crippen molar-refractivity contribution in [3.05, 3.63) is 22.8 Å². The van der Waals surface area contributed by atoms with Gasteiger partial charge in [-0.1, -0.05) is 22.8 Å². The highest BCUT2D eigenvalue weighted by molar-refractivity contribution is 5.36. The second-order valence-corrected chi connectivity index (χ2v) is 2.98. The topological polar surface area (TPSA) is 26.0 Å². The van der Waals surface area contributed by atoms with Crippen LogP contribution in [0.5, 0.6) is 0 Å². The maximum atomic E-state index is 5.44. The lowest BCUT2D eigenvalue weighted by molar-refractivity contribution is 0.915. The van der Waals surface area contributed by atoms with E-state index in [2.05, 4.69) is 19.9 Å². The minimum absolute atomic E-state index is 0.784. The summed E-state index contributed by atoms with van der Waals surface area (Å²) >= 11 is 0. The molecule has 1 aliphatic rings. The Morgan fingerprint density at radius 1 is 1.50 bits per heavy atom. The molecule has 0 saturated carbocycles. The first-order valence-electron chi connectivity index (χ1n) is 3.80. The van der Waals surface area contributed by atoms with E-state index in [-0.39, 0.29) is 0 Å². The van der Waals surface area contributed by atoms with Crippen LogP contribution in [0.25, 0.3) is 0 Å². The normalized spacial score (nSPS) is 18.1. The van der Waals surface area contributed by atoms with Crippen molar-refractivity contribution in [3.8, 4) is 0 Å². The van der Waals surface area contributed by atoms with E-state index in [1.807, 2.05) is 0 Å². The van der Waals surface area contributed by atoms with Gasteiger partial charge in [-0.2, -0.15) is 0 Å². The fraction of sp³-hybridized carbons (Fsp3) is 0.556. The van der Waals surface area contributed by atoms with Crippen LogP contribution in [0, 0.1) is 0 Å². The minimum atomic E-state index is 0.784. The number of hydrogen-bond donors (Lipinski definition) is 1. The lowest BCUT2D eigenvalue weighted by Crippen LogP contribution is -1.99. The van der Waals surface area contributed by atoms with Gasteiger partial charge in [-0.3, -0.25) is 0 Å². The smallest absolute Gasteiger partial charge is 0.00397 e. The van der Waals surface area contributed by atoms with Gasteiger partial charge in [-0.25, -0.2) is 0 Å². The molecule has 1 rings (SSSR count). The van der Waals surface area contributed by atoms with Crippen molar-refractivity contribution >= 4 is 0 Å². The van der Waals surface area contributed by atoms with Crippen molar-refractivity contribution in [2.45, 2.75) is 26.7 Å². The third-order valence-corrected chi connectivity index (χ3v) is 2.05. The molecule has 1 aliphatic carbocycles. The molecule has 2 N–H and O–H groups in total. The van der Waals surface area contributed by atoms with Crippen LogP contribution in [0.3, 0.4) is 0 Å². The van der Waals surface area contributed by atoms with Crippen LogP contribution >= 0.6 is 0 Å². The average Bonchev–Trinajstić information content (AvgIpc) is 2.14. The molecule has 0 aliphatic heterocycles. The Bertz CT molecular complexity index is 187. The van der Waals surface area contributed by atoms with Crippen LogP contribution in [0.2, 0.25) is 0 Å². The molecule has 0 aromatic heterocycles. The summed E-state index contributed by atoms with van der Waals surface area (Å²) in [4.78, 5) is 0. The minimum Gasteiger partial charge on any atom is -0.330 e. The first-order valence-corrected chi connectivity index (χ1v) is 3.80. The summed E-state index contributed by atoms with van der Waals surface area (Å²) in [5.74, 6) is 0. The number of hydrogen-bond acceptors (Lipinski definition) is 1. The third-order valence-electron chi connectivity index (χ3n) is 2.05. The van der Waals surface area contributed by atoms with E-state index in [1.165, 1.54) is 16.7 Å². The molecule has 0 saturated heterocycles. The van der Waals surface area contributed by atoms with Crippen LogP contribution in [-0.2, 0) is 0 Å². The molecule has 56 valence electrons. The molecule has 1 nitrogen and oxygen atoms in total. The van der Waals surface area contributed by atoms with Gasteiger partial charge in [0.2, 0.25) is 0 Å². The highest BCUT2D eigenvalue weighted by atomic mass is 14.5. The van der Waals surface area contributed by atoms with Gasteiger partial charge in [-0.15, -0.1) is 0 Å². The van der Waals surface area contributed by atoms with Crippen LogP contribution in [0.4, 0.5) is 0 Å². The van der Waals surface area contributed by atoms with Gasteiger partial charge in [0, 0.05) is 0 Å². The summed E-state index contributed by atoms with van der Waals surface area (Å²) in [6, 6.07) is 0. The molecule has 0 fully saturated rings. The van der Waals surface area contributed by atoms with Crippen molar-refractivity contribution in [3.63, 3.8) is 0 Å². The molecule has 0 amide bonds. The molecule has 0 unspecified atom stereocenters. The molecular formula is C9H15N. The fourth-order valence-electron chi connectivity index (χ4n) is 1.31. The largest absolute Gasteiger partial charge is 0.330 e. The highest BCUT2D eigenvalue weighted by Crippen LogP contribution is 2.25. The van der Waals surface area contributed by atoms with Crippen molar-refractivity contribution in [1.29, 1.82) is 0 Å². The maximum absolute atomic E-state index is 5.44. The van der Waals surface area contributed by atoms with Gasteiger partial charge < -0.3 is 5.73 Å². The summed E-state index contributed by atoms with van der Waals surface area (Å²) < 4.78 is 0. The van der Waals surface area contributed by atoms with Crippen LogP contribution < -0.4 is 5.73 Å². The second-order valence-electron chi connectivity index (χ2n) is 2.98. The lowest BCUT2D eigenvalue weighted by atomic mass is 10.1. The quantitative estimate of drug-likeness (QED) is 0.619. The van der Waals surface area contributed by atoms with E-state index in [4.69, 9.17) is 5.73 Å². The zero-order valence-electron chi connectivity index (χ0n) is 6.78. The van der Waals surface area contributed by atoms with Gasteiger partial charge in [0.15, 0.2) is 0 Å². The first kappa shape index (κ1) is 7.55. The van der Waals surface area contributed by atoms with E-state index in [1.54, 1.807) is 0 Å². The summed E-state index contributed by atoms with van der Waals surface area (Å²) in [7, 11) is 0. The molecule has 0 bridgehead atoms. The van der Waals surface area contributed by atoms with Gasteiger partial charge >= 0.3 is 0 Å². The van der Waals surface area contributed by atoms with E-state index in [0.29, 0.717) is 0 Å². The van der Waals surface area contributed by atoms with Gasteiger partial charge in [-0.05, 0) is 33.2 Å². The monoisotopic (exact) mass is 137 g/mol. The third kappa shape index (κ3) is 1.48. The van der Waals surface area contributed by atoms with Crippen molar-refractivity contribution < 1.29 is 0 Å². The average molecular weight is 137 g/mol. The molecule has 0 aromatic carbocycles. The zero-order valence-corrected chi connectivity index (χ0v) is 6.78. The Balaban J connectivity index is 2.52. The summed E-state index contributed by atoms with van der Waals surface area (Å²) in [6.45, 7) is 5.14. The Labute approximate surface area is 62.6 Å². The summed E-state index contributed by atoms with van der Waals surface area (Å²) in [5, 5.41) is 0. The Morgan fingerprint density at radius 2 is 2.20 bits per heavy atom. The van der Waals surface area contributed by atoms with E-state index >= 15 is 0 Å². The predicted octanol–water partition coefficient (Wildman–Crippen LogP) is 2.00. The lowest BCUT2D eigenvalue weighted by Gasteiger charge is -1.97. The van der Waals surface area contributed by atoms with Gasteiger partial charge in [0.05, 0.1) is 0 Å². The molecule has 1 heteroatoms. The summed E-state index contributed by atoms with van der Waals surface area (Å²) in [6.07, 6.45) is 4.49. The van der Waals surface area contributed by atoms with E-state index < -0.39 is 0 Å². The maximum Gasteiger partial charge on any atom is -0.00397 e. The zero-order chi connectivity index (χ0) is 7.56. The number of nitrogens with two attached hydrogens (primary N) is 1. The Morgan fingerprint density at radius 3 is 2.60 bits per heavy atom. The molecule has 0 spiro atoms. The van der Waals surface area contributed by atoms with Crippen LogP contribution in [0.15, 0.2) is 22.8 Å². The molecule has 0 aromatic rings. The molecule has 10 heavy (non-hydrogen) atoms. The number of allylic oxidation sites excluding steroid dienone is 3. The first-order chi connectivity index (χ1) is 4.74. The molecular weight excluding hydrogens is 122 g/mol. The summed E-state index contributed by atoms with van der Waals surface area (Å²) in [5.41, 5.74) is 9.87. The van der Waals surface area contributed by atoms with Gasteiger partial charge in [0.25, 0.3) is 0 Å². The number of rotatable bonds is 2. The van der Waals surface area contributed by atoms with Crippen molar-refractivity contribution in [2.75, 3.05) is 6.54 Å². The van der Waals surface area contributed by atoms with Crippen molar-refractivity contribution in [2.24, 2.45) is 5.73 Å². The van der Waals surface area contributed by atoms with Crippen molar-refractivity contribution in [1.82, 2.24) is 0 Å². The van der Waals surface area contributed by atoms with Gasteiger partial charge in [0.1, 0.15) is 0 Å². The predicted molar refractivity (Wildman–Crippen MR) is 44.7 cm³/mol. The molecule has 0 atom stereocenters. The van der Waals surface area contributed by atoms with E-state index in [0.717, 1.165) is 19.4 Å². The molecule has 0 heterocycles. The fourth-order valence-corrected chi connectivity index (χ4v) is 1.31. The standard InChI is InChI=1S/C9H15N/c1-7-5-9(3-4-10)6-8(7)2/h5H,3-4,6,10H2,1-2H3. The highest BCUT2D eigenvalue weighted by Gasteiger charge is 2.07. The Kier molecular flexibility index (Phi) is 2.28.